The van der Waals surface area contributed by atoms with Gasteiger partial charge in [-0.1, -0.05) is 24.3 Å². The highest BCUT2D eigenvalue weighted by atomic mass is 16.5. The summed E-state index contributed by atoms with van der Waals surface area (Å²) in [6, 6.07) is 13.1. The lowest BCUT2D eigenvalue weighted by Gasteiger charge is -2.13. The largest absolute Gasteiger partial charge is 0.487 e. The van der Waals surface area contributed by atoms with Gasteiger partial charge in [0.15, 0.2) is 0 Å². The van der Waals surface area contributed by atoms with Gasteiger partial charge in [0, 0.05) is 12.6 Å². The summed E-state index contributed by atoms with van der Waals surface area (Å²) in [7, 11) is 0. The zero-order chi connectivity index (χ0) is 14.5. The number of rotatable bonds is 4. The van der Waals surface area contributed by atoms with E-state index >= 15 is 0 Å². The summed E-state index contributed by atoms with van der Waals surface area (Å²) in [5, 5.41) is 2.75. The summed E-state index contributed by atoms with van der Waals surface area (Å²) in [5.41, 5.74) is 9.34. The third kappa shape index (κ3) is 3.29. The van der Waals surface area contributed by atoms with Gasteiger partial charge in [0.2, 0.25) is 5.91 Å². The molecule has 2 aromatic carbocycles. The average Bonchev–Trinajstić information content (AvgIpc) is 2.41. The van der Waals surface area contributed by atoms with Crippen molar-refractivity contribution in [3.05, 3.63) is 53.6 Å². The van der Waals surface area contributed by atoms with Crippen LogP contribution in [0.3, 0.4) is 0 Å². The number of hydrogen-bond donors (Lipinski definition) is 2. The summed E-state index contributed by atoms with van der Waals surface area (Å²) < 4.78 is 5.79. The molecule has 1 amide bonds. The van der Waals surface area contributed by atoms with Crippen molar-refractivity contribution in [3.8, 4) is 5.75 Å². The van der Waals surface area contributed by atoms with Gasteiger partial charge in [0.25, 0.3) is 0 Å². The Morgan fingerprint density at radius 1 is 1.20 bits per heavy atom. The summed E-state index contributed by atoms with van der Waals surface area (Å²) in [6.07, 6.45) is 0. The van der Waals surface area contributed by atoms with Crippen LogP contribution in [0.15, 0.2) is 42.5 Å². The molecule has 0 aliphatic carbocycles. The monoisotopic (exact) mass is 270 g/mol. The van der Waals surface area contributed by atoms with Gasteiger partial charge in [-0.3, -0.25) is 4.79 Å². The van der Waals surface area contributed by atoms with Crippen LogP contribution in [0.1, 0.15) is 18.1 Å². The highest BCUT2D eigenvalue weighted by Gasteiger charge is 2.06. The first-order valence-corrected chi connectivity index (χ1v) is 6.41. The quantitative estimate of drug-likeness (QED) is 0.839. The first-order chi connectivity index (χ1) is 9.58. The van der Waals surface area contributed by atoms with E-state index in [2.05, 4.69) is 5.32 Å². The first-order valence-electron chi connectivity index (χ1n) is 6.41. The van der Waals surface area contributed by atoms with Gasteiger partial charge in [-0.05, 0) is 36.2 Å². The van der Waals surface area contributed by atoms with Gasteiger partial charge in [-0.2, -0.15) is 0 Å². The van der Waals surface area contributed by atoms with E-state index in [-0.39, 0.29) is 5.91 Å². The number of para-hydroxylation sites is 2. The van der Waals surface area contributed by atoms with E-state index in [1.54, 1.807) is 0 Å². The maximum atomic E-state index is 11.2. The maximum absolute atomic E-state index is 11.2. The average molecular weight is 270 g/mol. The fraction of sp³-hybridized carbons (Fsp3) is 0.188. The molecule has 104 valence electrons. The molecule has 0 aliphatic heterocycles. The molecule has 0 saturated carbocycles. The summed E-state index contributed by atoms with van der Waals surface area (Å²) >= 11 is 0. The Hall–Kier alpha value is -2.49. The summed E-state index contributed by atoms with van der Waals surface area (Å²) in [6.45, 7) is 3.85. The molecular formula is C16H18N2O2. The van der Waals surface area contributed by atoms with Crippen LogP contribution in [0.25, 0.3) is 0 Å². The second-order valence-corrected chi connectivity index (χ2v) is 4.60. The van der Waals surface area contributed by atoms with Crippen LogP contribution in [0.4, 0.5) is 11.4 Å². The minimum Gasteiger partial charge on any atom is -0.487 e. The highest BCUT2D eigenvalue weighted by Crippen LogP contribution is 2.25. The number of benzene rings is 2. The fourth-order valence-corrected chi connectivity index (χ4v) is 1.90. The maximum Gasteiger partial charge on any atom is 0.221 e. The number of nitrogens with two attached hydrogens (primary N) is 1. The third-order valence-electron chi connectivity index (χ3n) is 3.07. The molecule has 0 spiro atoms. The Bertz CT molecular complexity index is 624. The SMILES string of the molecule is CC(=O)Nc1ccccc1OCc1cccc(N)c1C. The molecule has 0 atom stereocenters. The van der Waals surface area contributed by atoms with Crippen LogP contribution in [0.5, 0.6) is 5.75 Å². The van der Waals surface area contributed by atoms with Gasteiger partial charge in [0.05, 0.1) is 5.69 Å². The molecule has 0 fully saturated rings. The van der Waals surface area contributed by atoms with Crippen LogP contribution in [0, 0.1) is 6.92 Å². The Morgan fingerprint density at radius 3 is 2.70 bits per heavy atom. The van der Waals surface area contributed by atoms with Crippen molar-refractivity contribution in [1.29, 1.82) is 0 Å². The number of hydrogen-bond acceptors (Lipinski definition) is 3. The molecule has 2 aromatic rings. The number of carbonyl (C=O) groups excluding carboxylic acids is 1. The van der Waals surface area contributed by atoms with Crippen molar-refractivity contribution in [3.63, 3.8) is 0 Å². The van der Waals surface area contributed by atoms with Crippen LogP contribution in [-0.4, -0.2) is 5.91 Å². The molecule has 0 radical (unpaired) electrons. The molecule has 0 aromatic heterocycles. The van der Waals surface area contributed by atoms with E-state index in [4.69, 9.17) is 10.5 Å². The van der Waals surface area contributed by atoms with Crippen molar-refractivity contribution >= 4 is 17.3 Å². The lowest BCUT2D eigenvalue weighted by molar-refractivity contribution is -0.114. The number of nitrogen functional groups attached to an aromatic ring is 1. The molecular weight excluding hydrogens is 252 g/mol. The molecule has 0 aliphatic rings. The van der Waals surface area contributed by atoms with E-state index in [0.717, 1.165) is 16.8 Å². The Labute approximate surface area is 118 Å². The van der Waals surface area contributed by atoms with Gasteiger partial charge >= 0.3 is 0 Å². The number of amides is 1. The zero-order valence-electron chi connectivity index (χ0n) is 11.6. The summed E-state index contributed by atoms with van der Waals surface area (Å²) in [5.74, 6) is 0.519. The zero-order valence-corrected chi connectivity index (χ0v) is 11.6. The summed E-state index contributed by atoms with van der Waals surface area (Å²) in [4.78, 5) is 11.2. The second kappa shape index (κ2) is 6.10. The van der Waals surface area contributed by atoms with E-state index in [9.17, 15) is 4.79 Å². The van der Waals surface area contributed by atoms with Crippen molar-refractivity contribution in [2.45, 2.75) is 20.5 Å². The minimum atomic E-state index is -0.124. The smallest absolute Gasteiger partial charge is 0.221 e. The predicted octanol–water partition coefficient (Wildman–Crippen LogP) is 3.11. The predicted molar refractivity (Wildman–Crippen MR) is 80.7 cm³/mol. The van der Waals surface area contributed by atoms with E-state index < -0.39 is 0 Å². The molecule has 2 rings (SSSR count). The topological polar surface area (TPSA) is 64.3 Å². The van der Waals surface area contributed by atoms with E-state index in [0.29, 0.717) is 18.0 Å². The molecule has 0 saturated heterocycles. The van der Waals surface area contributed by atoms with Crippen LogP contribution in [-0.2, 0) is 11.4 Å². The van der Waals surface area contributed by atoms with E-state index in [1.165, 1.54) is 6.92 Å². The molecule has 4 heteroatoms. The van der Waals surface area contributed by atoms with Gasteiger partial charge in [0.1, 0.15) is 12.4 Å². The lowest BCUT2D eigenvalue weighted by atomic mass is 10.1. The Kier molecular flexibility index (Phi) is 4.25. The van der Waals surface area contributed by atoms with Crippen molar-refractivity contribution in [2.75, 3.05) is 11.1 Å². The second-order valence-electron chi connectivity index (χ2n) is 4.60. The number of carbonyl (C=O) groups is 1. The fourth-order valence-electron chi connectivity index (χ4n) is 1.90. The molecule has 0 bridgehead atoms. The normalized spacial score (nSPS) is 10.1. The minimum absolute atomic E-state index is 0.124. The van der Waals surface area contributed by atoms with E-state index in [1.807, 2.05) is 49.4 Å². The van der Waals surface area contributed by atoms with Gasteiger partial charge < -0.3 is 15.8 Å². The molecule has 20 heavy (non-hydrogen) atoms. The molecule has 0 unspecified atom stereocenters. The van der Waals surface area contributed by atoms with Crippen molar-refractivity contribution in [2.24, 2.45) is 0 Å². The van der Waals surface area contributed by atoms with Gasteiger partial charge in [-0.15, -0.1) is 0 Å². The van der Waals surface area contributed by atoms with Crippen LogP contribution < -0.4 is 15.8 Å². The van der Waals surface area contributed by atoms with Crippen LogP contribution >= 0.6 is 0 Å². The van der Waals surface area contributed by atoms with Crippen molar-refractivity contribution in [1.82, 2.24) is 0 Å². The Morgan fingerprint density at radius 2 is 1.95 bits per heavy atom. The standard InChI is InChI=1S/C16H18N2O2/c1-11-13(6-5-7-14(11)17)10-20-16-9-4-3-8-15(16)18-12(2)19/h3-9H,10,17H2,1-2H3,(H,18,19). The molecule has 4 nitrogen and oxygen atoms in total. The lowest BCUT2D eigenvalue weighted by Crippen LogP contribution is -2.08. The number of nitrogens with one attached hydrogen (secondary N) is 1. The first kappa shape index (κ1) is 13.9. The van der Waals surface area contributed by atoms with Crippen LogP contribution in [0.2, 0.25) is 0 Å². The number of anilines is 2. The number of ether oxygens (including phenoxy) is 1. The molecule has 0 heterocycles. The highest BCUT2D eigenvalue weighted by molar-refractivity contribution is 5.90. The molecule has 3 N–H and O–H groups in total. The Balaban J connectivity index is 2.15. The van der Waals surface area contributed by atoms with Crippen molar-refractivity contribution < 1.29 is 9.53 Å². The van der Waals surface area contributed by atoms with Gasteiger partial charge in [-0.25, -0.2) is 0 Å². The third-order valence-corrected chi connectivity index (χ3v) is 3.07.